The lowest BCUT2D eigenvalue weighted by atomic mass is 9.42. The van der Waals surface area contributed by atoms with Gasteiger partial charge in [0.25, 0.3) is 0 Å². The van der Waals surface area contributed by atoms with Gasteiger partial charge >= 0.3 is 0 Å². The molecule has 1 heterocycles. The van der Waals surface area contributed by atoms with Crippen molar-refractivity contribution in [1.82, 2.24) is 5.32 Å². The number of aliphatic hydroxyl groups is 7. The van der Waals surface area contributed by atoms with E-state index in [0.29, 0.717) is 37.4 Å². The van der Waals surface area contributed by atoms with Gasteiger partial charge in [-0.3, -0.25) is 4.79 Å². The number of carbonyl (C=O) groups is 1. The normalized spacial score (nSPS) is 45.3. The van der Waals surface area contributed by atoms with E-state index in [2.05, 4.69) is 19.2 Å². The lowest BCUT2D eigenvalue weighted by Crippen LogP contribution is -2.67. The highest BCUT2D eigenvalue weighted by molar-refractivity contribution is 6.00. The summed E-state index contributed by atoms with van der Waals surface area (Å²) in [5.74, 6) is -1.97. The molecular formula is C38H65NO9. The number of allylic oxidation sites excluding steroid dienone is 1. The Morgan fingerprint density at radius 1 is 1.06 bits per heavy atom. The number of hydrogen-bond acceptors (Lipinski definition) is 10. The summed E-state index contributed by atoms with van der Waals surface area (Å²) in [6, 6.07) is 0. The van der Waals surface area contributed by atoms with Crippen LogP contribution in [0.5, 0.6) is 0 Å². The number of ether oxygens (including phenoxy) is 1. The maximum atomic E-state index is 14.5. The van der Waals surface area contributed by atoms with Crippen LogP contribution in [-0.4, -0.2) is 103 Å². The van der Waals surface area contributed by atoms with E-state index in [1.165, 1.54) is 19.3 Å². The summed E-state index contributed by atoms with van der Waals surface area (Å²) in [6.45, 7) is 12.0. The number of hydrogen-bond donors (Lipinski definition) is 8. The van der Waals surface area contributed by atoms with Gasteiger partial charge < -0.3 is 45.8 Å². The second-order valence-electron chi connectivity index (χ2n) is 17.1. The number of fused-ring (bicyclic) bond motifs is 5. The Hall–Kier alpha value is -1.11. The Bertz CT molecular complexity index is 1190. The van der Waals surface area contributed by atoms with Crippen LogP contribution >= 0.6 is 0 Å². The molecular weight excluding hydrogens is 614 g/mol. The molecule has 3 saturated carbocycles. The van der Waals surface area contributed by atoms with Gasteiger partial charge in [0.1, 0.15) is 6.10 Å². The molecule has 8 N–H and O–H groups in total. The molecule has 276 valence electrons. The van der Waals surface area contributed by atoms with Gasteiger partial charge in [0.2, 0.25) is 0 Å². The molecule has 0 aromatic rings. The second-order valence-corrected chi connectivity index (χ2v) is 17.1. The predicted molar refractivity (Wildman–Crippen MR) is 181 cm³/mol. The summed E-state index contributed by atoms with van der Waals surface area (Å²) >= 11 is 0. The molecule has 10 nitrogen and oxygen atoms in total. The van der Waals surface area contributed by atoms with Crippen LogP contribution in [0.15, 0.2) is 11.3 Å². The molecule has 1 aliphatic heterocycles. The molecule has 0 aromatic carbocycles. The predicted octanol–water partition coefficient (Wildman–Crippen LogP) is 2.83. The Morgan fingerprint density at radius 2 is 1.77 bits per heavy atom. The van der Waals surface area contributed by atoms with Gasteiger partial charge in [0.05, 0.1) is 47.9 Å². The topological polar surface area (TPSA) is 180 Å². The average molecular weight is 680 g/mol. The minimum Gasteiger partial charge on any atom is -0.396 e. The van der Waals surface area contributed by atoms with Crippen LogP contribution < -0.4 is 5.32 Å². The van der Waals surface area contributed by atoms with E-state index in [-0.39, 0.29) is 55.7 Å². The molecule has 48 heavy (non-hydrogen) atoms. The monoisotopic (exact) mass is 679 g/mol. The van der Waals surface area contributed by atoms with Crippen LogP contribution in [0.1, 0.15) is 112 Å². The van der Waals surface area contributed by atoms with Crippen molar-refractivity contribution in [3.63, 3.8) is 0 Å². The van der Waals surface area contributed by atoms with Crippen molar-refractivity contribution >= 4 is 5.78 Å². The maximum absolute atomic E-state index is 14.5. The lowest BCUT2D eigenvalue weighted by molar-refractivity contribution is -0.202. The van der Waals surface area contributed by atoms with Gasteiger partial charge in [-0.15, -0.1) is 0 Å². The standard InChI is InChI=1S/C38H65NO9/c1-7-8-9-10-11-23-20-48-33(22(23)3)34(45)37(6,46)28-13-16-38(47)29-24(12-15-35(28,38)4)36(5)25(14-17-40)31(43)27(42)18-26(36)32(44)30(29)39-19-21(2)41/h21-28,31,33-34,39-43,45-47H,7-20H2,1-6H3. The van der Waals surface area contributed by atoms with Crippen LogP contribution in [0, 0.1) is 46.3 Å². The zero-order valence-corrected chi connectivity index (χ0v) is 30.2. The average Bonchev–Trinajstić information content (AvgIpc) is 3.54. The van der Waals surface area contributed by atoms with Gasteiger partial charge in [-0.05, 0) is 99.4 Å². The Morgan fingerprint density at radius 3 is 2.42 bits per heavy atom. The first-order valence-electron chi connectivity index (χ1n) is 18.9. The van der Waals surface area contributed by atoms with Gasteiger partial charge in [0, 0.05) is 24.5 Å². The Labute approximate surface area is 287 Å². The van der Waals surface area contributed by atoms with Crippen molar-refractivity contribution in [1.29, 1.82) is 0 Å². The summed E-state index contributed by atoms with van der Waals surface area (Å²) in [5.41, 5.74) is -4.05. The SMILES string of the molecule is CCCCCCC1COC(C(O)C(C)(O)C2CCC3(O)C4=C(NCC(C)O)C(=O)C5CC(O)C(O)C(CCO)C5(C)C4CCC23C)C1C. The second kappa shape index (κ2) is 14.1. The highest BCUT2D eigenvalue weighted by Gasteiger charge is 2.72. The van der Waals surface area contributed by atoms with Crippen molar-refractivity contribution < 1.29 is 45.3 Å². The summed E-state index contributed by atoms with van der Waals surface area (Å²) in [5, 5.41) is 82.9. The number of carbonyl (C=O) groups excluding carboxylic acids is 1. The molecule has 0 aromatic heterocycles. The first-order valence-corrected chi connectivity index (χ1v) is 18.9. The quantitative estimate of drug-likeness (QED) is 0.135. The number of nitrogens with one attached hydrogen (secondary N) is 1. The third-order valence-corrected chi connectivity index (χ3v) is 14.5. The lowest BCUT2D eigenvalue weighted by Gasteiger charge is -2.63. The molecule has 10 heteroatoms. The van der Waals surface area contributed by atoms with E-state index >= 15 is 0 Å². The van der Waals surface area contributed by atoms with Crippen LogP contribution in [-0.2, 0) is 9.53 Å². The van der Waals surface area contributed by atoms with E-state index in [1.54, 1.807) is 13.8 Å². The Kier molecular flexibility index (Phi) is 11.2. The number of unbranched alkanes of at least 4 members (excludes halogenated alkanes) is 3. The summed E-state index contributed by atoms with van der Waals surface area (Å²) in [4.78, 5) is 14.5. The van der Waals surface area contributed by atoms with Crippen LogP contribution in [0.4, 0.5) is 0 Å². The summed E-state index contributed by atoms with van der Waals surface area (Å²) in [6.07, 6.45) is 3.03. The number of rotatable bonds is 13. The van der Waals surface area contributed by atoms with Crippen LogP contribution in [0.2, 0.25) is 0 Å². The van der Waals surface area contributed by atoms with Gasteiger partial charge in [-0.2, -0.15) is 0 Å². The van der Waals surface area contributed by atoms with Crippen molar-refractivity contribution in [3.05, 3.63) is 11.3 Å². The first-order chi connectivity index (χ1) is 22.5. The maximum Gasteiger partial charge on any atom is 0.182 e. The number of aliphatic hydroxyl groups excluding tert-OH is 5. The van der Waals surface area contributed by atoms with Crippen molar-refractivity contribution in [2.24, 2.45) is 46.3 Å². The van der Waals surface area contributed by atoms with Gasteiger partial charge in [-0.25, -0.2) is 0 Å². The molecule has 5 rings (SSSR count). The zero-order valence-electron chi connectivity index (χ0n) is 30.2. The smallest absolute Gasteiger partial charge is 0.182 e. The van der Waals surface area contributed by atoms with E-state index in [0.717, 1.165) is 12.8 Å². The summed E-state index contributed by atoms with van der Waals surface area (Å²) < 4.78 is 6.21. The van der Waals surface area contributed by atoms with Crippen molar-refractivity contribution in [3.8, 4) is 0 Å². The molecule has 0 spiro atoms. The fourth-order valence-electron chi connectivity index (χ4n) is 11.6. The molecule has 15 unspecified atom stereocenters. The molecule has 4 aliphatic carbocycles. The van der Waals surface area contributed by atoms with E-state index < -0.39 is 70.3 Å². The molecule has 0 amide bonds. The largest absolute Gasteiger partial charge is 0.396 e. The van der Waals surface area contributed by atoms with E-state index in [4.69, 9.17) is 4.74 Å². The van der Waals surface area contributed by atoms with Crippen LogP contribution in [0.25, 0.3) is 0 Å². The molecule has 4 fully saturated rings. The van der Waals surface area contributed by atoms with E-state index in [1.807, 2.05) is 13.8 Å². The molecule has 15 atom stereocenters. The minimum atomic E-state index is -1.59. The van der Waals surface area contributed by atoms with Crippen LogP contribution in [0.3, 0.4) is 0 Å². The fourth-order valence-corrected chi connectivity index (χ4v) is 11.6. The van der Waals surface area contributed by atoms with Gasteiger partial charge in [-0.1, -0.05) is 53.4 Å². The van der Waals surface area contributed by atoms with E-state index in [9.17, 15) is 40.5 Å². The molecule has 1 saturated heterocycles. The van der Waals surface area contributed by atoms with Crippen molar-refractivity contribution in [2.75, 3.05) is 19.8 Å². The molecule has 0 bridgehead atoms. The first kappa shape index (κ1) is 38.1. The number of Topliss-reactive ketones (excluding diaryl/α,β-unsaturated/α-hetero) is 1. The Balaban J connectivity index is 1.51. The highest BCUT2D eigenvalue weighted by atomic mass is 16.5. The van der Waals surface area contributed by atoms with Gasteiger partial charge in [0.15, 0.2) is 5.78 Å². The summed E-state index contributed by atoms with van der Waals surface area (Å²) in [7, 11) is 0. The highest BCUT2D eigenvalue weighted by Crippen LogP contribution is 2.70. The molecule has 0 radical (unpaired) electrons. The van der Waals surface area contributed by atoms with Crippen molar-refractivity contribution in [2.45, 2.75) is 154 Å². The third-order valence-electron chi connectivity index (χ3n) is 14.5. The minimum absolute atomic E-state index is 0.0697. The molecule has 5 aliphatic rings. The fraction of sp³-hybridized carbons (Fsp3) is 0.921. The number of ketones is 1. The third kappa shape index (κ3) is 5.92. The zero-order chi connectivity index (χ0) is 35.4.